The van der Waals surface area contributed by atoms with Crippen LogP contribution in [0.3, 0.4) is 0 Å². The van der Waals surface area contributed by atoms with Gasteiger partial charge in [-0.3, -0.25) is 4.79 Å². The molecule has 1 amide bonds. The van der Waals surface area contributed by atoms with E-state index in [1.54, 1.807) is 42.5 Å². The second-order valence-electron chi connectivity index (χ2n) is 5.06. The molecule has 0 unspecified atom stereocenters. The van der Waals surface area contributed by atoms with Crippen LogP contribution in [0.25, 0.3) is 0 Å². The molecule has 0 saturated carbocycles. The Bertz CT molecular complexity index is 808. The summed E-state index contributed by atoms with van der Waals surface area (Å²) >= 11 is 0. The van der Waals surface area contributed by atoms with Crippen molar-refractivity contribution < 1.29 is 19.0 Å². The van der Waals surface area contributed by atoms with Crippen LogP contribution in [-0.2, 0) is 0 Å². The van der Waals surface area contributed by atoms with Crippen LogP contribution in [0.5, 0.6) is 17.2 Å². The Balaban J connectivity index is 1.98. The van der Waals surface area contributed by atoms with E-state index in [4.69, 9.17) is 20.6 Å². The van der Waals surface area contributed by atoms with Gasteiger partial charge in [-0.25, -0.2) is 5.43 Å². The van der Waals surface area contributed by atoms with Crippen LogP contribution in [0.2, 0.25) is 0 Å². The van der Waals surface area contributed by atoms with Crippen LogP contribution in [0.4, 0.5) is 0 Å². The molecule has 0 saturated heterocycles. The van der Waals surface area contributed by atoms with Crippen LogP contribution in [0.15, 0.2) is 47.6 Å². The van der Waals surface area contributed by atoms with Gasteiger partial charge in [0.15, 0.2) is 11.5 Å². The monoisotopic (exact) mass is 352 g/mol. The highest BCUT2D eigenvalue weighted by molar-refractivity contribution is 5.95. The lowest BCUT2D eigenvalue weighted by atomic mass is 10.2. The first-order valence-electron chi connectivity index (χ1n) is 7.98. The van der Waals surface area contributed by atoms with Crippen LogP contribution >= 0.6 is 0 Å². The normalized spacial score (nSPS) is 10.2. The molecule has 0 aliphatic rings. The van der Waals surface area contributed by atoms with E-state index in [9.17, 15) is 4.79 Å². The first-order valence-corrected chi connectivity index (χ1v) is 7.98. The molecule has 2 rings (SSSR count). The molecular weight excluding hydrogens is 332 g/mol. The molecular formula is C20H20N2O4. The first-order chi connectivity index (χ1) is 12.7. The number of methoxy groups -OCH3 is 1. The fourth-order valence-electron chi connectivity index (χ4n) is 2.10. The minimum absolute atomic E-state index is 0.155. The third-order valence-electron chi connectivity index (χ3n) is 3.31. The second-order valence-corrected chi connectivity index (χ2v) is 5.06. The van der Waals surface area contributed by atoms with E-state index in [1.165, 1.54) is 13.3 Å². The Morgan fingerprint density at radius 2 is 1.96 bits per heavy atom. The van der Waals surface area contributed by atoms with Crippen LogP contribution < -0.4 is 19.6 Å². The summed E-state index contributed by atoms with van der Waals surface area (Å²) in [6.45, 7) is 2.63. The van der Waals surface area contributed by atoms with E-state index in [0.717, 1.165) is 5.56 Å². The molecule has 134 valence electrons. The van der Waals surface area contributed by atoms with E-state index >= 15 is 0 Å². The summed E-state index contributed by atoms with van der Waals surface area (Å²) < 4.78 is 16.0. The topological polar surface area (TPSA) is 69.2 Å². The number of nitrogens with one attached hydrogen (secondary N) is 1. The van der Waals surface area contributed by atoms with E-state index in [1.807, 2.05) is 6.92 Å². The number of hydrogen-bond donors (Lipinski definition) is 1. The van der Waals surface area contributed by atoms with Crippen molar-refractivity contribution in [3.8, 4) is 29.6 Å². The van der Waals surface area contributed by atoms with Gasteiger partial charge in [-0.15, -0.1) is 6.42 Å². The van der Waals surface area contributed by atoms with Crippen LogP contribution in [0.1, 0.15) is 22.8 Å². The summed E-state index contributed by atoms with van der Waals surface area (Å²) in [6, 6.07) is 12.1. The SMILES string of the molecule is C#CCOc1ccc(/C=N\NC(=O)c2ccc(OCC)cc2)cc1OC. The number of benzene rings is 2. The van der Waals surface area contributed by atoms with Crippen molar-refractivity contribution in [2.45, 2.75) is 6.92 Å². The number of hydrazone groups is 1. The molecule has 0 aliphatic heterocycles. The number of terminal acetylenes is 1. The van der Waals surface area contributed by atoms with Crippen molar-refractivity contribution in [2.75, 3.05) is 20.3 Å². The summed E-state index contributed by atoms with van der Waals surface area (Å²) in [4.78, 5) is 12.1. The van der Waals surface area contributed by atoms with Crippen molar-refractivity contribution in [1.82, 2.24) is 5.43 Å². The number of ether oxygens (including phenoxy) is 3. The van der Waals surface area contributed by atoms with Gasteiger partial charge in [0.05, 0.1) is 19.9 Å². The van der Waals surface area contributed by atoms with E-state index in [-0.39, 0.29) is 12.5 Å². The van der Waals surface area contributed by atoms with Crippen LogP contribution in [0, 0.1) is 12.3 Å². The summed E-state index contributed by atoms with van der Waals surface area (Å²) in [5.41, 5.74) is 3.70. The summed E-state index contributed by atoms with van der Waals surface area (Å²) in [5, 5.41) is 3.96. The lowest BCUT2D eigenvalue weighted by Crippen LogP contribution is -2.17. The lowest BCUT2D eigenvalue weighted by Gasteiger charge is -2.09. The zero-order chi connectivity index (χ0) is 18.8. The Labute approximate surface area is 152 Å². The number of carbonyl (C=O) groups is 1. The van der Waals surface area contributed by atoms with Gasteiger partial charge < -0.3 is 14.2 Å². The second kappa shape index (κ2) is 9.74. The molecule has 6 heteroatoms. The highest BCUT2D eigenvalue weighted by atomic mass is 16.5. The molecule has 0 atom stereocenters. The molecule has 2 aromatic carbocycles. The van der Waals surface area contributed by atoms with E-state index in [0.29, 0.717) is 29.4 Å². The van der Waals surface area contributed by atoms with Gasteiger partial charge in [0.2, 0.25) is 0 Å². The summed E-state index contributed by atoms with van der Waals surface area (Å²) in [5.74, 6) is 3.87. The van der Waals surface area contributed by atoms with Gasteiger partial charge in [-0.2, -0.15) is 5.10 Å². The fraction of sp³-hybridized carbons (Fsp3) is 0.200. The standard InChI is InChI=1S/C20H20N2O4/c1-4-12-26-18-11-6-15(13-19(18)24-3)14-21-22-20(23)16-7-9-17(10-8-16)25-5-2/h1,6-11,13-14H,5,12H2,2-3H3,(H,22,23)/b21-14-. The van der Waals surface area contributed by atoms with Gasteiger partial charge in [0.25, 0.3) is 5.91 Å². The molecule has 1 N–H and O–H groups in total. The molecule has 0 aromatic heterocycles. The van der Waals surface area contributed by atoms with Crippen molar-refractivity contribution in [3.05, 3.63) is 53.6 Å². The Morgan fingerprint density at radius 1 is 1.19 bits per heavy atom. The third-order valence-corrected chi connectivity index (χ3v) is 3.31. The summed E-state index contributed by atoms with van der Waals surface area (Å²) in [7, 11) is 1.53. The number of carbonyl (C=O) groups excluding carboxylic acids is 1. The van der Waals surface area contributed by atoms with Crippen LogP contribution in [-0.4, -0.2) is 32.4 Å². The maximum absolute atomic E-state index is 12.1. The van der Waals surface area contributed by atoms with Gasteiger partial charge >= 0.3 is 0 Å². The third kappa shape index (κ3) is 5.28. The number of nitrogens with zero attached hydrogens (tertiary/aromatic N) is 1. The van der Waals surface area contributed by atoms with Crippen molar-refractivity contribution in [2.24, 2.45) is 5.10 Å². The van der Waals surface area contributed by atoms with E-state index in [2.05, 4.69) is 16.4 Å². The maximum Gasteiger partial charge on any atom is 0.271 e. The summed E-state index contributed by atoms with van der Waals surface area (Å²) in [6.07, 6.45) is 6.69. The number of hydrogen-bond acceptors (Lipinski definition) is 5. The lowest BCUT2D eigenvalue weighted by molar-refractivity contribution is 0.0955. The van der Waals surface area contributed by atoms with Gasteiger partial charge in [-0.05, 0) is 55.0 Å². The predicted molar refractivity (Wildman–Crippen MR) is 100.0 cm³/mol. The van der Waals surface area contributed by atoms with Crippen molar-refractivity contribution in [1.29, 1.82) is 0 Å². The minimum atomic E-state index is -0.315. The van der Waals surface area contributed by atoms with Gasteiger partial charge in [-0.1, -0.05) is 5.92 Å². The Hall–Kier alpha value is -3.46. The molecule has 0 aliphatic carbocycles. The van der Waals surface area contributed by atoms with E-state index < -0.39 is 0 Å². The highest BCUT2D eigenvalue weighted by Gasteiger charge is 2.06. The smallest absolute Gasteiger partial charge is 0.271 e. The largest absolute Gasteiger partial charge is 0.494 e. The van der Waals surface area contributed by atoms with Gasteiger partial charge in [0, 0.05) is 5.56 Å². The zero-order valence-corrected chi connectivity index (χ0v) is 14.7. The number of amides is 1. The molecule has 0 radical (unpaired) electrons. The molecule has 6 nitrogen and oxygen atoms in total. The first kappa shape index (κ1) is 18.9. The Morgan fingerprint density at radius 3 is 2.62 bits per heavy atom. The maximum atomic E-state index is 12.1. The average Bonchev–Trinajstić information content (AvgIpc) is 2.67. The predicted octanol–water partition coefficient (Wildman–Crippen LogP) is 2.87. The molecule has 0 fully saturated rings. The molecule has 0 spiro atoms. The number of rotatable bonds is 8. The Kier molecular flexibility index (Phi) is 7.07. The zero-order valence-electron chi connectivity index (χ0n) is 14.7. The molecule has 0 bridgehead atoms. The fourth-order valence-corrected chi connectivity index (χ4v) is 2.10. The van der Waals surface area contributed by atoms with Gasteiger partial charge in [0.1, 0.15) is 12.4 Å². The highest BCUT2D eigenvalue weighted by Crippen LogP contribution is 2.27. The quantitative estimate of drug-likeness (QED) is 0.451. The molecule has 0 heterocycles. The van der Waals surface area contributed by atoms with Crippen molar-refractivity contribution in [3.63, 3.8) is 0 Å². The average molecular weight is 352 g/mol. The minimum Gasteiger partial charge on any atom is -0.494 e. The van der Waals surface area contributed by atoms with Crippen molar-refractivity contribution >= 4 is 12.1 Å². The molecule has 2 aromatic rings. The molecule has 26 heavy (non-hydrogen) atoms.